The molecule has 0 saturated carbocycles. The van der Waals surface area contributed by atoms with Gasteiger partial charge in [-0.05, 0) is 12.1 Å². The van der Waals surface area contributed by atoms with E-state index >= 15 is 0 Å². The fraction of sp³-hybridized carbons (Fsp3) is 0.250. The van der Waals surface area contributed by atoms with E-state index in [-0.39, 0.29) is 17.2 Å². The number of amides is 1. The molecule has 10 heteroatoms. The Morgan fingerprint density at radius 3 is 2.64 bits per heavy atom. The minimum atomic E-state index is -4.74. The van der Waals surface area contributed by atoms with Gasteiger partial charge < -0.3 is 19.4 Å². The van der Waals surface area contributed by atoms with E-state index in [1.807, 2.05) is 0 Å². The van der Waals surface area contributed by atoms with Gasteiger partial charge in [0.25, 0.3) is 5.91 Å². The fourth-order valence-electron chi connectivity index (χ4n) is 1.58. The lowest BCUT2D eigenvalue weighted by atomic mass is 10.2. The molecule has 0 aliphatic heterocycles. The van der Waals surface area contributed by atoms with Crippen molar-refractivity contribution in [2.45, 2.75) is 18.6 Å². The average Bonchev–Trinajstić information content (AvgIpc) is 3.07. The predicted molar refractivity (Wildman–Crippen MR) is 63.8 cm³/mol. The van der Waals surface area contributed by atoms with Gasteiger partial charge in [-0.2, -0.15) is 13.2 Å². The quantitative estimate of drug-likeness (QED) is 0.874. The van der Waals surface area contributed by atoms with Crippen LogP contribution in [0.3, 0.4) is 0 Å². The molecule has 1 atom stereocenters. The number of nitrogens with zero attached hydrogens (tertiary/aromatic N) is 1. The second-order valence-electron chi connectivity index (χ2n) is 4.24. The molecule has 0 bridgehead atoms. The number of furan rings is 1. The summed E-state index contributed by atoms with van der Waals surface area (Å²) in [5.74, 6) is -2.56. The van der Waals surface area contributed by atoms with Gasteiger partial charge in [-0.15, -0.1) is 0 Å². The standard InChI is InChI=1S/C12H9F3N2O5/c13-12(14,15)5-7(11(19)20)16-10(18)6-4-9(22-17-6)8-2-1-3-21-8/h1-4,7H,5H2,(H,16,18)(H,19,20). The number of hydrogen-bond donors (Lipinski definition) is 2. The van der Waals surface area contributed by atoms with Crippen LogP contribution in [0.25, 0.3) is 11.5 Å². The van der Waals surface area contributed by atoms with Crippen LogP contribution >= 0.6 is 0 Å². The maximum atomic E-state index is 12.2. The first-order chi connectivity index (χ1) is 10.3. The molecule has 2 aromatic heterocycles. The van der Waals surface area contributed by atoms with Crippen molar-refractivity contribution < 1.29 is 36.8 Å². The molecule has 0 saturated heterocycles. The molecule has 2 rings (SSSR count). The third kappa shape index (κ3) is 3.87. The molecular formula is C12H9F3N2O5. The zero-order chi connectivity index (χ0) is 16.3. The van der Waals surface area contributed by atoms with E-state index in [9.17, 15) is 22.8 Å². The molecule has 0 spiro atoms. The minimum Gasteiger partial charge on any atom is -0.480 e. The molecular weight excluding hydrogens is 309 g/mol. The van der Waals surface area contributed by atoms with Crippen molar-refractivity contribution in [2.75, 3.05) is 0 Å². The Morgan fingerprint density at radius 2 is 2.09 bits per heavy atom. The number of carbonyl (C=O) groups is 2. The molecule has 2 heterocycles. The zero-order valence-corrected chi connectivity index (χ0v) is 10.8. The Labute approximate surface area is 120 Å². The maximum absolute atomic E-state index is 12.2. The summed E-state index contributed by atoms with van der Waals surface area (Å²) in [4.78, 5) is 22.5. The Hall–Kier alpha value is -2.78. The summed E-state index contributed by atoms with van der Waals surface area (Å²) in [5, 5.41) is 13.8. The number of hydrogen-bond acceptors (Lipinski definition) is 5. The second-order valence-corrected chi connectivity index (χ2v) is 4.24. The van der Waals surface area contributed by atoms with Gasteiger partial charge in [0.2, 0.25) is 5.76 Å². The zero-order valence-electron chi connectivity index (χ0n) is 10.8. The minimum absolute atomic E-state index is 0.0813. The number of carboxylic acid groups (broad SMARTS) is 1. The first-order valence-electron chi connectivity index (χ1n) is 5.87. The molecule has 2 N–H and O–H groups in total. The van der Waals surface area contributed by atoms with Crippen molar-refractivity contribution in [1.82, 2.24) is 10.5 Å². The lowest BCUT2D eigenvalue weighted by Crippen LogP contribution is -2.43. The van der Waals surface area contributed by atoms with Crippen molar-refractivity contribution in [3.8, 4) is 11.5 Å². The monoisotopic (exact) mass is 318 g/mol. The Balaban J connectivity index is 2.09. The molecule has 0 radical (unpaired) electrons. The number of nitrogens with one attached hydrogen (secondary N) is 1. The predicted octanol–water partition coefficient (Wildman–Crippen LogP) is 2.07. The number of aliphatic carboxylic acids is 1. The van der Waals surface area contributed by atoms with Crippen LogP contribution in [-0.2, 0) is 4.79 Å². The normalized spacial score (nSPS) is 12.9. The van der Waals surface area contributed by atoms with E-state index in [0.717, 1.165) is 6.07 Å². The van der Waals surface area contributed by atoms with Gasteiger partial charge in [0.15, 0.2) is 11.5 Å². The van der Waals surface area contributed by atoms with E-state index in [1.54, 1.807) is 11.4 Å². The highest BCUT2D eigenvalue weighted by Gasteiger charge is 2.36. The van der Waals surface area contributed by atoms with Gasteiger partial charge in [-0.1, -0.05) is 5.16 Å². The van der Waals surface area contributed by atoms with Crippen LogP contribution in [0.4, 0.5) is 13.2 Å². The smallest absolute Gasteiger partial charge is 0.391 e. The Morgan fingerprint density at radius 1 is 1.36 bits per heavy atom. The van der Waals surface area contributed by atoms with E-state index in [2.05, 4.69) is 5.16 Å². The summed E-state index contributed by atoms with van der Waals surface area (Å²) in [7, 11) is 0. The molecule has 7 nitrogen and oxygen atoms in total. The molecule has 118 valence electrons. The van der Waals surface area contributed by atoms with Crippen LogP contribution in [0.15, 0.2) is 33.4 Å². The van der Waals surface area contributed by atoms with E-state index in [0.29, 0.717) is 0 Å². The summed E-state index contributed by atoms with van der Waals surface area (Å²) in [5.41, 5.74) is -0.361. The fourth-order valence-corrected chi connectivity index (χ4v) is 1.58. The van der Waals surface area contributed by atoms with E-state index in [4.69, 9.17) is 14.0 Å². The second kappa shape index (κ2) is 5.92. The van der Waals surface area contributed by atoms with Crippen molar-refractivity contribution in [1.29, 1.82) is 0 Å². The molecule has 2 aromatic rings. The van der Waals surface area contributed by atoms with Gasteiger partial charge in [0.1, 0.15) is 6.04 Å². The average molecular weight is 318 g/mol. The highest BCUT2D eigenvalue weighted by molar-refractivity contribution is 5.95. The topological polar surface area (TPSA) is 106 Å². The highest BCUT2D eigenvalue weighted by atomic mass is 19.4. The Kier molecular flexibility index (Phi) is 4.20. The van der Waals surface area contributed by atoms with Crippen LogP contribution < -0.4 is 5.32 Å². The number of halogens is 3. The summed E-state index contributed by atoms with van der Waals surface area (Å²) >= 11 is 0. The largest absolute Gasteiger partial charge is 0.480 e. The third-order valence-corrected chi connectivity index (χ3v) is 2.55. The van der Waals surface area contributed by atoms with Crippen molar-refractivity contribution >= 4 is 11.9 Å². The molecule has 0 fully saturated rings. The van der Waals surface area contributed by atoms with Crippen molar-refractivity contribution in [3.63, 3.8) is 0 Å². The molecule has 1 unspecified atom stereocenters. The lowest BCUT2D eigenvalue weighted by molar-refractivity contribution is -0.157. The van der Waals surface area contributed by atoms with Crippen LogP contribution in [0.1, 0.15) is 16.9 Å². The van der Waals surface area contributed by atoms with Crippen LogP contribution in [0.2, 0.25) is 0 Å². The SMILES string of the molecule is O=C(NC(CC(F)(F)F)C(=O)O)c1cc(-c2ccco2)on1. The number of carbonyl (C=O) groups excluding carboxylic acids is 1. The molecule has 1 amide bonds. The van der Waals surface area contributed by atoms with Gasteiger partial charge in [-0.25, -0.2) is 4.79 Å². The van der Waals surface area contributed by atoms with E-state index < -0.39 is 30.5 Å². The molecule has 0 aliphatic rings. The van der Waals surface area contributed by atoms with Gasteiger partial charge in [0, 0.05) is 6.07 Å². The Bertz CT molecular complexity index is 663. The van der Waals surface area contributed by atoms with Crippen molar-refractivity contribution in [2.24, 2.45) is 0 Å². The van der Waals surface area contributed by atoms with Gasteiger partial charge in [0.05, 0.1) is 12.7 Å². The number of alkyl halides is 3. The van der Waals surface area contributed by atoms with Gasteiger partial charge >= 0.3 is 12.1 Å². The van der Waals surface area contributed by atoms with Gasteiger partial charge in [-0.3, -0.25) is 4.79 Å². The maximum Gasteiger partial charge on any atom is 0.391 e. The first kappa shape index (κ1) is 15.6. The summed E-state index contributed by atoms with van der Waals surface area (Å²) in [6.45, 7) is 0. The number of carboxylic acids is 1. The first-order valence-corrected chi connectivity index (χ1v) is 5.87. The number of aromatic nitrogens is 1. The summed E-state index contributed by atoms with van der Waals surface area (Å²) < 4.78 is 46.5. The highest BCUT2D eigenvalue weighted by Crippen LogP contribution is 2.23. The summed E-state index contributed by atoms with van der Waals surface area (Å²) in [6.07, 6.45) is -5.09. The molecule has 0 aliphatic carbocycles. The van der Waals surface area contributed by atoms with Crippen LogP contribution in [0, 0.1) is 0 Å². The van der Waals surface area contributed by atoms with E-state index in [1.165, 1.54) is 12.3 Å². The van der Waals surface area contributed by atoms with Crippen LogP contribution in [0.5, 0.6) is 0 Å². The molecule has 0 aromatic carbocycles. The summed E-state index contributed by atoms with van der Waals surface area (Å²) in [6, 6.07) is 2.09. The van der Waals surface area contributed by atoms with Crippen molar-refractivity contribution in [3.05, 3.63) is 30.2 Å². The molecule has 22 heavy (non-hydrogen) atoms. The number of rotatable bonds is 5. The lowest BCUT2D eigenvalue weighted by Gasteiger charge is -2.15. The van der Waals surface area contributed by atoms with Crippen LogP contribution in [-0.4, -0.2) is 34.4 Å². The third-order valence-electron chi connectivity index (χ3n) is 2.55.